The van der Waals surface area contributed by atoms with Gasteiger partial charge in [0.05, 0.1) is 0 Å². The van der Waals surface area contributed by atoms with Crippen LogP contribution in [0.3, 0.4) is 0 Å². The molecular formula is C21H36. The largest absolute Gasteiger partial charge is 0.0654 e. The fourth-order valence-corrected chi connectivity index (χ4v) is 3.12. The van der Waals surface area contributed by atoms with Crippen molar-refractivity contribution in [2.75, 3.05) is 0 Å². The van der Waals surface area contributed by atoms with Crippen LogP contribution in [-0.2, 0) is 12.8 Å². The second-order valence-electron chi connectivity index (χ2n) is 6.45. The maximum absolute atomic E-state index is 2.33. The zero-order valence-corrected chi connectivity index (χ0v) is 14.5. The zero-order chi connectivity index (χ0) is 15.2. The second kappa shape index (κ2) is 12.9. The number of hydrogen-bond acceptors (Lipinski definition) is 0. The van der Waals surface area contributed by atoms with Crippen LogP contribution in [0.1, 0.15) is 95.6 Å². The van der Waals surface area contributed by atoms with E-state index in [2.05, 4.69) is 38.1 Å². The predicted octanol–water partition coefficient (Wildman–Crippen LogP) is 7.10. The van der Waals surface area contributed by atoms with E-state index in [-0.39, 0.29) is 0 Å². The van der Waals surface area contributed by atoms with Gasteiger partial charge in [-0.3, -0.25) is 0 Å². The highest BCUT2D eigenvalue weighted by Crippen LogP contribution is 2.16. The SMILES string of the molecule is CCCCCCCCCCCCc1ccccc1CCC. The third-order valence-corrected chi connectivity index (χ3v) is 4.44. The fraction of sp³-hybridized carbons (Fsp3) is 0.714. The molecule has 0 N–H and O–H groups in total. The maximum atomic E-state index is 2.33. The molecule has 0 aliphatic heterocycles. The van der Waals surface area contributed by atoms with Crippen LogP contribution in [0.25, 0.3) is 0 Å². The first-order valence-electron chi connectivity index (χ1n) is 9.45. The summed E-state index contributed by atoms with van der Waals surface area (Å²) in [6.07, 6.45) is 18.1. The molecule has 0 aliphatic carbocycles. The van der Waals surface area contributed by atoms with E-state index in [4.69, 9.17) is 0 Å². The summed E-state index contributed by atoms with van der Waals surface area (Å²) < 4.78 is 0. The highest BCUT2D eigenvalue weighted by Gasteiger charge is 2.00. The third-order valence-electron chi connectivity index (χ3n) is 4.44. The molecule has 0 atom stereocenters. The van der Waals surface area contributed by atoms with Crippen molar-refractivity contribution in [3.63, 3.8) is 0 Å². The average molecular weight is 289 g/mol. The van der Waals surface area contributed by atoms with E-state index in [9.17, 15) is 0 Å². The Morgan fingerprint density at radius 3 is 1.52 bits per heavy atom. The fourth-order valence-electron chi connectivity index (χ4n) is 3.12. The number of hydrogen-bond donors (Lipinski definition) is 0. The molecule has 0 amide bonds. The van der Waals surface area contributed by atoms with E-state index in [1.807, 2.05) is 0 Å². The second-order valence-corrected chi connectivity index (χ2v) is 6.45. The molecule has 0 aromatic heterocycles. The number of rotatable bonds is 13. The van der Waals surface area contributed by atoms with Gasteiger partial charge in [0, 0.05) is 0 Å². The lowest BCUT2D eigenvalue weighted by atomic mass is 9.98. The van der Waals surface area contributed by atoms with Crippen LogP contribution >= 0.6 is 0 Å². The minimum Gasteiger partial charge on any atom is -0.0654 e. The van der Waals surface area contributed by atoms with E-state index >= 15 is 0 Å². The molecule has 1 aromatic carbocycles. The summed E-state index contributed by atoms with van der Waals surface area (Å²) in [5.74, 6) is 0. The van der Waals surface area contributed by atoms with Gasteiger partial charge in [-0.2, -0.15) is 0 Å². The molecule has 0 saturated carbocycles. The van der Waals surface area contributed by atoms with Crippen molar-refractivity contribution < 1.29 is 0 Å². The van der Waals surface area contributed by atoms with Crippen molar-refractivity contribution in [3.05, 3.63) is 35.4 Å². The summed E-state index contributed by atoms with van der Waals surface area (Å²) in [6, 6.07) is 9.03. The normalized spacial score (nSPS) is 11.0. The van der Waals surface area contributed by atoms with Gasteiger partial charge in [-0.1, -0.05) is 102 Å². The van der Waals surface area contributed by atoms with E-state index in [1.165, 1.54) is 83.5 Å². The molecule has 0 fully saturated rings. The number of unbranched alkanes of at least 4 members (excludes halogenated alkanes) is 9. The summed E-state index contributed by atoms with van der Waals surface area (Å²) in [5.41, 5.74) is 3.18. The maximum Gasteiger partial charge on any atom is -0.0276 e. The van der Waals surface area contributed by atoms with E-state index < -0.39 is 0 Å². The first-order chi connectivity index (χ1) is 10.4. The number of benzene rings is 1. The quantitative estimate of drug-likeness (QED) is 0.339. The van der Waals surface area contributed by atoms with Crippen molar-refractivity contribution >= 4 is 0 Å². The lowest BCUT2D eigenvalue weighted by Crippen LogP contribution is -1.94. The van der Waals surface area contributed by atoms with Crippen molar-refractivity contribution in [1.29, 1.82) is 0 Å². The standard InChI is InChI=1S/C21H36/c1-3-5-6-7-8-9-10-11-12-13-17-21-19-15-14-18-20(21)16-4-2/h14-15,18-19H,3-13,16-17H2,1-2H3. The van der Waals surface area contributed by atoms with E-state index in [1.54, 1.807) is 11.1 Å². The van der Waals surface area contributed by atoms with Gasteiger partial charge in [0.25, 0.3) is 0 Å². The predicted molar refractivity (Wildman–Crippen MR) is 96.0 cm³/mol. The number of aryl methyl sites for hydroxylation is 2. The van der Waals surface area contributed by atoms with Crippen molar-refractivity contribution in [1.82, 2.24) is 0 Å². The Bertz CT molecular complexity index is 340. The topological polar surface area (TPSA) is 0 Å². The summed E-state index contributed by atoms with van der Waals surface area (Å²) in [4.78, 5) is 0. The summed E-state index contributed by atoms with van der Waals surface area (Å²) in [6.45, 7) is 4.57. The Morgan fingerprint density at radius 1 is 0.524 bits per heavy atom. The average Bonchev–Trinajstić information content (AvgIpc) is 2.51. The van der Waals surface area contributed by atoms with Crippen LogP contribution in [-0.4, -0.2) is 0 Å². The minimum atomic E-state index is 1.24. The Hall–Kier alpha value is -0.780. The Balaban J connectivity index is 2.01. The molecule has 0 aliphatic rings. The van der Waals surface area contributed by atoms with Gasteiger partial charge < -0.3 is 0 Å². The summed E-state index contributed by atoms with van der Waals surface area (Å²) >= 11 is 0. The molecule has 0 spiro atoms. The Kier molecular flexibility index (Phi) is 11.2. The smallest absolute Gasteiger partial charge is 0.0276 e. The van der Waals surface area contributed by atoms with Gasteiger partial charge in [-0.25, -0.2) is 0 Å². The van der Waals surface area contributed by atoms with Crippen molar-refractivity contribution in [2.45, 2.75) is 97.3 Å². The molecule has 0 bridgehead atoms. The molecule has 0 nitrogen and oxygen atoms in total. The Labute approximate surface area is 133 Å². The van der Waals surface area contributed by atoms with Crippen LogP contribution in [0.2, 0.25) is 0 Å². The van der Waals surface area contributed by atoms with E-state index in [0.717, 1.165) is 0 Å². The first kappa shape index (κ1) is 18.3. The zero-order valence-electron chi connectivity index (χ0n) is 14.5. The van der Waals surface area contributed by atoms with Gasteiger partial charge in [0.15, 0.2) is 0 Å². The molecular weight excluding hydrogens is 252 g/mol. The van der Waals surface area contributed by atoms with Gasteiger partial charge in [-0.15, -0.1) is 0 Å². The van der Waals surface area contributed by atoms with Gasteiger partial charge in [0.1, 0.15) is 0 Å². The molecule has 0 saturated heterocycles. The van der Waals surface area contributed by atoms with Crippen LogP contribution in [0, 0.1) is 0 Å². The molecule has 1 aromatic rings. The molecule has 21 heavy (non-hydrogen) atoms. The van der Waals surface area contributed by atoms with Crippen molar-refractivity contribution in [3.8, 4) is 0 Å². The van der Waals surface area contributed by atoms with Crippen LogP contribution in [0.15, 0.2) is 24.3 Å². The first-order valence-corrected chi connectivity index (χ1v) is 9.45. The molecule has 1 rings (SSSR count). The molecule has 120 valence electrons. The highest BCUT2D eigenvalue weighted by molar-refractivity contribution is 5.27. The van der Waals surface area contributed by atoms with Crippen LogP contribution in [0.4, 0.5) is 0 Å². The van der Waals surface area contributed by atoms with Crippen molar-refractivity contribution in [2.24, 2.45) is 0 Å². The van der Waals surface area contributed by atoms with Gasteiger partial charge >= 0.3 is 0 Å². The molecule has 0 heteroatoms. The van der Waals surface area contributed by atoms with Crippen LogP contribution < -0.4 is 0 Å². The van der Waals surface area contributed by atoms with E-state index in [0.29, 0.717) is 0 Å². The van der Waals surface area contributed by atoms with Gasteiger partial charge in [0.2, 0.25) is 0 Å². The Morgan fingerprint density at radius 2 is 1.00 bits per heavy atom. The lowest BCUT2D eigenvalue weighted by molar-refractivity contribution is 0.556. The molecule has 0 heterocycles. The lowest BCUT2D eigenvalue weighted by Gasteiger charge is -2.08. The third kappa shape index (κ3) is 8.96. The van der Waals surface area contributed by atoms with Crippen LogP contribution in [0.5, 0.6) is 0 Å². The highest BCUT2D eigenvalue weighted by atomic mass is 14.1. The van der Waals surface area contributed by atoms with Gasteiger partial charge in [-0.05, 0) is 30.4 Å². The molecule has 0 radical (unpaired) electrons. The monoisotopic (exact) mass is 288 g/mol. The minimum absolute atomic E-state index is 1.24. The summed E-state index contributed by atoms with van der Waals surface area (Å²) in [7, 11) is 0. The summed E-state index contributed by atoms with van der Waals surface area (Å²) in [5, 5.41) is 0. The molecule has 0 unspecified atom stereocenters.